The molecule has 3 rings (SSSR count). The Morgan fingerprint density at radius 1 is 1.29 bits per heavy atom. The average Bonchev–Trinajstić information content (AvgIpc) is 2.94. The maximum atomic E-state index is 12.4. The average molecular weight is 340 g/mol. The van der Waals surface area contributed by atoms with Gasteiger partial charge in [0.25, 0.3) is 0 Å². The van der Waals surface area contributed by atoms with Gasteiger partial charge in [-0.15, -0.1) is 0 Å². The Balaban J connectivity index is 1.47. The largest absolute Gasteiger partial charge is 0.401 e. The number of likely N-dealkylation sites (tertiary alicyclic amines) is 1. The van der Waals surface area contributed by atoms with Crippen LogP contribution in [0.25, 0.3) is 11.0 Å². The highest BCUT2D eigenvalue weighted by Crippen LogP contribution is 2.22. The molecule has 0 spiro atoms. The molecule has 0 saturated carbocycles. The van der Waals surface area contributed by atoms with Crippen molar-refractivity contribution in [2.75, 3.05) is 19.6 Å². The smallest absolute Gasteiger partial charge is 0.349 e. The number of aromatic nitrogens is 2. The minimum absolute atomic E-state index is 0.123. The monoisotopic (exact) mass is 340 g/mol. The lowest BCUT2D eigenvalue weighted by Crippen LogP contribution is -2.43. The minimum atomic E-state index is -4.18. The summed E-state index contributed by atoms with van der Waals surface area (Å²) in [6.45, 7) is -0.0267. The van der Waals surface area contributed by atoms with Crippen molar-refractivity contribution in [2.45, 2.75) is 25.6 Å². The number of amides is 1. The summed E-state index contributed by atoms with van der Waals surface area (Å²) in [5, 5.41) is 2.82. The maximum Gasteiger partial charge on any atom is 0.401 e. The third-order valence-corrected chi connectivity index (χ3v) is 4.23. The first kappa shape index (κ1) is 16.8. The summed E-state index contributed by atoms with van der Waals surface area (Å²) in [5.41, 5.74) is 1.74. The number of piperidine rings is 1. The quantitative estimate of drug-likeness (QED) is 0.899. The number of para-hydroxylation sites is 2. The summed E-state index contributed by atoms with van der Waals surface area (Å²) in [6, 6.07) is 7.58. The SMILES string of the molecule is O=C(NCc1nc2ccccc2[nH]1)C1CCN(CC(F)(F)F)CC1. The van der Waals surface area contributed by atoms with E-state index in [1.54, 1.807) is 0 Å². The van der Waals surface area contributed by atoms with Gasteiger partial charge in [0.15, 0.2) is 0 Å². The molecule has 1 fully saturated rings. The molecule has 24 heavy (non-hydrogen) atoms. The number of H-pyrrole nitrogens is 1. The zero-order valence-electron chi connectivity index (χ0n) is 13.1. The predicted octanol–water partition coefficient (Wildman–Crippen LogP) is 2.45. The van der Waals surface area contributed by atoms with Crippen LogP contribution in [0.15, 0.2) is 24.3 Å². The topological polar surface area (TPSA) is 61.0 Å². The van der Waals surface area contributed by atoms with Crippen LogP contribution < -0.4 is 5.32 Å². The Hall–Kier alpha value is -2.09. The number of halogens is 3. The Morgan fingerprint density at radius 3 is 2.67 bits per heavy atom. The highest BCUT2D eigenvalue weighted by molar-refractivity contribution is 5.79. The molecule has 1 aliphatic rings. The number of benzene rings is 1. The lowest BCUT2D eigenvalue weighted by atomic mass is 9.96. The number of hydrogen-bond donors (Lipinski definition) is 2. The second-order valence-electron chi connectivity index (χ2n) is 6.08. The number of fused-ring (bicyclic) bond motifs is 1. The molecule has 0 unspecified atom stereocenters. The molecule has 2 N–H and O–H groups in total. The fourth-order valence-electron chi connectivity index (χ4n) is 3.01. The Bertz CT molecular complexity index is 672. The van der Waals surface area contributed by atoms with Gasteiger partial charge in [0, 0.05) is 5.92 Å². The van der Waals surface area contributed by atoms with Crippen molar-refractivity contribution in [2.24, 2.45) is 5.92 Å². The highest BCUT2D eigenvalue weighted by Gasteiger charge is 2.33. The number of rotatable bonds is 4. The molecule has 1 aliphatic heterocycles. The van der Waals surface area contributed by atoms with Crippen molar-refractivity contribution >= 4 is 16.9 Å². The van der Waals surface area contributed by atoms with E-state index in [0.717, 1.165) is 11.0 Å². The third-order valence-electron chi connectivity index (χ3n) is 4.23. The van der Waals surface area contributed by atoms with Crippen LogP contribution in [-0.4, -0.2) is 46.6 Å². The highest BCUT2D eigenvalue weighted by atomic mass is 19.4. The molecule has 1 saturated heterocycles. The predicted molar refractivity (Wildman–Crippen MR) is 83.2 cm³/mol. The van der Waals surface area contributed by atoms with Crippen LogP contribution >= 0.6 is 0 Å². The molecule has 0 atom stereocenters. The number of nitrogens with zero attached hydrogens (tertiary/aromatic N) is 2. The number of imidazole rings is 1. The molecule has 2 aromatic rings. The van der Waals surface area contributed by atoms with Crippen molar-refractivity contribution in [1.29, 1.82) is 0 Å². The van der Waals surface area contributed by atoms with E-state index in [9.17, 15) is 18.0 Å². The van der Waals surface area contributed by atoms with Crippen molar-refractivity contribution in [1.82, 2.24) is 20.2 Å². The second-order valence-corrected chi connectivity index (χ2v) is 6.08. The van der Waals surface area contributed by atoms with E-state index in [-0.39, 0.29) is 18.4 Å². The molecule has 0 aliphatic carbocycles. The number of carbonyl (C=O) groups excluding carboxylic acids is 1. The van der Waals surface area contributed by atoms with Crippen molar-refractivity contribution < 1.29 is 18.0 Å². The lowest BCUT2D eigenvalue weighted by molar-refractivity contribution is -0.149. The summed E-state index contributed by atoms with van der Waals surface area (Å²) < 4.78 is 37.1. The Kier molecular flexibility index (Phi) is 4.75. The standard InChI is InChI=1S/C16H19F3N4O/c17-16(18,19)10-23-7-5-11(6-8-23)15(24)20-9-14-21-12-3-1-2-4-13(12)22-14/h1-4,11H,5-10H2,(H,20,24)(H,21,22). The number of nitrogens with one attached hydrogen (secondary N) is 2. The minimum Gasteiger partial charge on any atom is -0.349 e. The number of alkyl halides is 3. The summed E-state index contributed by atoms with van der Waals surface area (Å²) in [7, 11) is 0. The van der Waals surface area contributed by atoms with E-state index in [2.05, 4.69) is 15.3 Å². The molecule has 1 aromatic heterocycles. The maximum absolute atomic E-state index is 12.4. The molecule has 1 amide bonds. The summed E-state index contributed by atoms with van der Waals surface area (Å²) in [4.78, 5) is 21.0. The van der Waals surface area contributed by atoms with Gasteiger partial charge in [-0.1, -0.05) is 12.1 Å². The van der Waals surface area contributed by atoms with Crippen LogP contribution in [0.4, 0.5) is 13.2 Å². The molecule has 1 aromatic carbocycles. The molecule has 0 radical (unpaired) electrons. The Labute approximate surface area is 137 Å². The first-order valence-electron chi connectivity index (χ1n) is 7.91. The molecule has 2 heterocycles. The van der Waals surface area contributed by atoms with E-state index in [1.165, 1.54) is 4.90 Å². The number of hydrogen-bond acceptors (Lipinski definition) is 3. The summed E-state index contributed by atoms with van der Waals surface area (Å²) in [6.07, 6.45) is -3.29. The number of carbonyl (C=O) groups is 1. The fourth-order valence-corrected chi connectivity index (χ4v) is 3.01. The lowest BCUT2D eigenvalue weighted by Gasteiger charge is -2.31. The van der Waals surface area contributed by atoms with Crippen molar-refractivity contribution in [3.8, 4) is 0 Å². The normalized spacial score (nSPS) is 17.3. The molecule has 130 valence electrons. The van der Waals surface area contributed by atoms with Crippen LogP contribution in [0.3, 0.4) is 0 Å². The zero-order valence-corrected chi connectivity index (χ0v) is 13.1. The van der Waals surface area contributed by atoms with Gasteiger partial charge in [-0.25, -0.2) is 4.98 Å². The van der Waals surface area contributed by atoms with E-state index in [0.29, 0.717) is 31.8 Å². The number of aromatic amines is 1. The summed E-state index contributed by atoms with van der Waals surface area (Å²) >= 11 is 0. The molecular weight excluding hydrogens is 321 g/mol. The first-order chi connectivity index (χ1) is 11.4. The zero-order chi connectivity index (χ0) is 17.2. The van der Waals surface area contributed by atoms with Gasteiger partial charge in [0.2, 0.25) is 5.91 Å². The van der Waals surface area contributed by atoms with Gasteiger partial charge >= 0.3 is 6.18 Å². The van der Waals surface area contributed by atoms with E-state index in [1.807, 2.05) is 24.3 Å². The van der Waals surface area contributed by atoms with Gasteiger partial charge in [0.1, 0.15) is 5.82 Å². The van der Waals surface area contributed by atoms with Crippen LogP contribution in [0, 0.1) is 5.92 Å². The summed E-state index contributed by atoms with van der Waals surface area (Å²) in [5.74, 6) is 0.306. The molecular formula is C16H19F3N4O. The van der Waals surface area contributed by atoms with Gasteiger partial charge in [-0.05, 0) is 38.1 Å². The van der Waals surface area contributed by atoms with E-state index in [4.69, 9.17) is 0 Å². The molecule has 5 nitrogen and oxygen atoms in total. The van der Waals surface area contributed by atoms with E-state index >= 15 is 0 Å². The van der Waals surface area contributed by atoms with Crippen LogP contribution in [0.5, 0.6) is 0 Å². The van der Waals surface area contributed by atoms with Gasteiger partial charge in [-0.3, -0.25) is 9.69 Å². The van der Waals surface area contributed by atoms with Gasteiger partial charge in [0.05, 0.1) is 24.1 Å². The van der Waals surface area contributed by atoms with Gasteiger partial charge < -0.3 is 10.3 Å². The molecule has 0 bridgehead atoms. The van der Waals surface area contributed by atoms with Crippen LogP contribution in [0.1, 0.15) is 18.7 Å². The van der Waals surface area contributed by atoms with Crippen LogP contribution in [0.2, 0.25) is 0 Å². The van der Waals surface area contributed by atoms with Gasteiger partial charge in [-0.2, -0.15) is 13.2 Å². The Morgan fingerprint density at radius 2 is 2.00 bits per heavy atom. The molecule has 8 heteroatoms. The second kappa shape index (κ2) is 6.80. The van der Waals surface area contributed by atoms with Crippen molar-refractivity contribution in [3.05, 3.63) is 30.1 Å². The third kappa shape index (κ3) is 4.25. The first-order valence-corrected chi connectivity index (χ1v) is 7.91. The van der Waals surface area contributed by atoms with E-state index < -0.39 is 12.7 Å². The van der Waals surface area contributed by atoms with Crippen LogP contribution in [-0.2, 0) is 11.3 Å². The fraction of sp³-hybridized carbons (Fsp3) is 0.500. The van der Waals surface area contributed by atoms with Crippen molar-refractivity contribution in [3.63, 3.8) is 0 Å².